The second kappa shape index (κ2) is 6.97. The number of ether oxygens (including phenoxy) is 3. The van der Waals surface area contributed by atoms with Gasteiger partial charge in [-0.1, -0.05) is 13.3 Å². The minimum absolute atomic E-state index is 0.00601. The van der Waals surface area contributed by atoms with Crippen LogP contribution in [0.4, 0.5) is 14.5 Å². The maximum atomic E-state index is 13.4. The Hall–Kier alpha value is -2.26. The van der Waals surface area contributed by atoms with Gasteiger partial charge in [0.15, 0.2) is 17.2 Å². The number of hydrogen-bond acceptors (Lipinski definition) is 7. The normalized spacial score (nSPS) is 18.7. The van der Waals surface area contributed by atoms with Crippen LogP contribution in [0.5, 0.6) is 17.2 Å². The third-order valence-corrected chi connectivity index (χ3v) is 5.71. The van der Waals surface area contributed by atoms with Crippen LogP contribution in [0.2, 0.25) is 0 Å². The molecule has 1 unspecified atom stereocenters. The van der Waals surface area contributed by atoms with Gasteiger partial charge >= 0.3 is 6.29 Å². The molecule has 1 N–H and O–H groups in total. The van der Waals surface area contributed by atoms with Gasteiger partial charge in [-0.15, -0.1) is 20.5 Å². The highest BCUT2D eigenvalue weighted by Gasteiger charge is 2.47. The summed E-state index contributed by atoms with van der Waals surface area (Å²) in [5.74, 6) is 0.921. The lowest BCUT2D eigenvalue weighted by atomic mass is 9.96. The standard InChI is InChI=1S/C19H20F2N2O4S/c1-3-6-18(24,12-10-22-7-5-14(12)25-4-2)23-11-28-17-9-16-15(8-13(17)23)26-19(20,21)27-16/h5,7-10,24H,3-4,6,11H2,1-2H3. The smallest absolute Gasteiger partial charge is 0.493 e. The Kier molecular flexibility index (Phi) is 4.75. The second-order valence-corrected chi connectivity index (χ2v) is 7.49. The number of thioether (sulfide) groups is 1. The average Bonchev–Trinajstić information content (AvgIpc) is 3.18. The maximum Gasteiger partial charge on any atom is 0.586 e. The number of nitrogens with zero attached hydrogens (tertiary/aromatic N) is 2. The van der Waals surface area contributed by atoms with Crippen LogP contribution in [-0.4, -0.2) is 28.9 Å². The predicted octanol–water partition coefficient (Wildman–Crippen LogP) is 4.32. The Labute approximate surface area is 165 Å². The van der Waals surface area contributed by atoms with Gasteiger partial charge in [-0.05, 0) is 19.4 Å². The fourth-order valence-electron chi connectivity index (χ4n) is 3.53. The Morgan fingerprint density at radius 3 is 2.79 bits per heavy atom. The molecule has 1 atom stereocenters. The summed E-state index contributed by atoms with van der Waals surface area (Å²) in [6, 6.07) is 4.72. The van der Waals surface area contributed by atoms with Crippen molar-refractivity contribution in [1.82, 2.24) is 4.98 Å². The van der Waals surface area contributed by atoms with Crippen molar-refractivity contribution < 1.29 is 28.1 Å². The fourth-order valence-corrected chi connectivity index (χ4v) is 4.66. The minimum Gasteiger partial charge on any atom is -0.493 e. The first-order valence-electron chi connectivity index (χ1n) is 9.02. The highest BCUT2D eigenvalue weighted by Crippen LogP contribution is 2.53. The van der Waals surface area contributed by atoms with E-state index in [0.717, 1.165) is 4.90 Å². The van der Waals surface area contributed by atoms with E-state index in [1.807, 2.05) is 13.8 Å². The van der Waals surface area contributed by atoms with E-state index >= 15 is 0 Å². The first-order valence-corrected chi connectivity index (χ1v) is 10.0. The molecule has 2 aliphatic heterocycles. The quantitative estimate of drug-likeness (QED) is 0.761. The van der Waals surface area contributed by atoms with Crippen LogP contribution in [0.15, 0.2) is 35.5 Å². The number of benzene rings is 1. The van der Waals surface area contributed by atoms with E-state index in [-0.39, 0.29) is 11.5 Å². The van der Waals surface area contributed by atoms with Crippen LogP contribution in [0.25, 0.3) is 0 Å². The summed E-state index contributed by atoms with van der Waals surface area (Å²) in [7, 11) is 0. The number of pyridine rings is 1. The minimum atomic E-state index is -3.68. The van der Waals surface area contributed by atoms with Crippen molar-refractivity contribution in [3.05, 3.63) is 36.2 Å². The molecule has 0 saturated carbocycles. The molecule has 4 rings (SSSR count). The Bertz CT molecular complexity index is 898. The molecule has 150 valence electrons. The predicted molar refractivity (Wildman–Crippen MR) is 100 cm³/mol. The van der Waals surface area contributed by atoms with Gasteiger partial charge < -0.3 is 24.2 Å². The number of rotatable bonds is 6. The summed E-state index contributed by atoms with van der Waals surface area (Å²) in [6.07, 6.45) is 0.607. The Balaban J connectivity index is 1.78. The van der Waals surface area contributed by atoms with Crippen molar-refractivity contribution in [1.29, 1.82) is 0 Å². The molecule has 2 aliphatic rings. The molecule has 0 amide bonds. The number of aliphatic hydroxyl groups is 1. The first kappa shape index (κ1) is 19.1. The summed E-state index contributed by atoms with van der Waals surface area (Å²) >= 11 is 1.43. The lowest BCUT2D eigenvalue weighted by Gasteiger charge is -2.39. The highest BCUT2D eigenvalue weighted by molar-refractivity contribution is 7.99. The molecule has 6 nitrogen and oxygen atoms in total. The summed E-state index contributed by atoms with van der Waals surface area (Å²) in [4.78, 5) is 6.67. The van der Waals surface area contributed by atoms with Crippen LogP contribution in [0.3, 0.4) is 0 Å². The number of aromatic nitrogens is 1. The molecular weight excluding hydrogens is 390 g/mol. The number of anilines is 1. The van der Waals surface area contributed by atoms with E-state index < -0.39 is 12.0 Å². The van der Waals surface area contributed by atoms with Gasteiger partial charge in [0, 0.05) is 29.4 Å². The highest BCUT2D eigenvalue weighted by atomic mass is 32.2. The lowest BCUT2D eigenvalue weighted by Crippen LogP contribution is -2.45. The van der Waals surface area contributed by atoms with Crippen LogP contribution in [-0.2, 0) is 5.72 Å². The summed E-state index contributed by atoms with van der Waals surface area (Å²) < 4.78 is 41.7. The van der Waals surface area contributed by atoms with Crippen molar-refractivity contribution in [3.8, 4) is 17.2 Å². The molecule has 0 bridgehead atoms. The molecule has 2 aromatic rings. The summed E-state index contributed by atoms with van der Waals surface area (Å²) in [5.41, 5.74) is -0.274. The topological polar surface area (TPSA) is 64.1 Å². The molecule has 0 fully saturated rings. The average molecular weight is 410 g/mol. The molecule has 9 heteroatoms. The molecule has 0 radical (unpaired) electrons. The first-order chi connectivity index (χ1) is 13.4. The van der Waals surface area contributed by atoms with E-state index in [0.29, 0.717) is 42.3 Å². The molecular formula is C19H20F2N2O4S. The summed E-state index contributed by atoms with van der Waals surface area (Å²) in [5, 5.41) is 11.8. The van der Waals surface area contributed by atoms with Crippen molar-refractivity contribution >= 4 is 17.4 Å². The van der Waals surface area contributed by atoms with E-state index in [4.69, 9.17) is 4.74 Å². The van der Waals surface area contributed by atoms with Crippen molar-refractivity contribution in [2.24, 2.45) is 0 Å². The molecule has 0 aliphatic carbocycles. The third kappa shape index (κ3) is 3.12. The van der Waals surface area contributed by atoms with Crippen LogP contribution < -0.4 is 19.1 Å². The number of fused-ring (bicyclic) bond motifs is 2. The Morgan fingerprint density at radius 1 is 1.32 bits per heavy atom. The second-order valence-electron chi connectivity index (χ2n) is 6.51. The molecule has 1 aromatic heterocycles. The molecule has 1 aromatic carbocycles. The zero-order chi connectivity index (χ0) is 19.9. The van der Waals surface area contributed by atoms with E-state index in [1.165, 1.54) is 23.9 Å². The van der Waals surface area contributed by atoms with Gasteiger partial charge in [-0.3, -0.25) is 4.98 Å². The van der Waals surface area contributed by atoms with Gasteiger partial charge in [-0.25, -0.2) is 0 Å². The zero-order valence-corrected chi connectivity index (χ0v) is 16.3. The van der Waals surface area contributed by atoms with E-state index in [2.05, 4.69) is 14.5 Å². The Morgan fingerprint density at radius 2 is 2.07 bits per heavy atom. The van der Waals surface area contributed by atoms with Crippen LogP contribution >= 0.6 is 11.8 Å². The molecule has 0 saturated heterocycles. The van der Waals surface area contributed by atoms with Crippen LogP contribution in [0, 0.1) is 0 Å². The SMILES string of the molecule is CCCC(O)(c1cnccc1OCC)N1CSc2cc3c(cc21)OC(F)(F)O3. The van der Waals surface area contributed by atoms with Gasteiger partial charge in [0.05, 0.1) is 23.7 Å². The number of hydrogen-bond donors (Lipinski definition) is 1. The van der Waals surface area contributed by atoms with Crippen molar-refractivity contribution in [2.75, 3.05) is 17.4 Å². The van der Waals surface area contributed by atoms with Crippen molar-refractivity contribution in [2.45, 2.75) is 43.6 Å². The largest absolute Gasteiger partial charge is 0.586 e. The number of alkyl halides is 2. The van der Waals surface area contributed by atoms with Gasteiger partial charge in [-0.2, -0.15) is 0 Å². The number of halogens is 2. The monoisotopic (exact) mass is 410 g/mol. The van der Waals surface area contributed by atoms with Gasteiger partial charge in [0.1, 0.15) is 5.75 Å². The van der Waals surface area contributed by atoms with E-state index in [1.54, 1.807) is 23.4 Å². The fraction of sp³-hybridized carbons (Fsp3) is 0.421. The van der Waals surface area contributed by atoms with Gasteiger partial charge in [0.25, 0.3) is 0 Å². The van der Waals surface area contributed by atoms with Crippen LogP contribution in [0.1, 0.15) is 32.3 Å². The lowest BCUT2D eigenvalue weighted by molar-refractivity contribution is -0.286. The summed E-state index contributed by atoms with van der Waals surface area (Å²) in [6.45, 7) is 4.27. The van der Waals surface area contributed by atoms with Gasteiger partial charge in [0.2, 0.25) is 0 Å². The maximum absolute atomic E-state index is 13.4. The molecule has 0 spiro atoms. The van der Waals surface area contributed by atoms with E-state index in [9.17, 15) is 13.9 Å². The third-order valence-electron chi connectivity index (χ3n) is 4.68. The van der Waals surface area contributed by atoms with Crippen molar-refractivity contribution in [3.63, 3.8) is 0 Å². The molecule has 3 heterocycles. The molecule has 28 heavy (non-hydrogen) atoms. The zero-order valence-electron chi connectivity index (χ0n) is 15.4.